The molecule has 0 bridgehead atoms. The minimum absolute atomic E-state index is 0.00202. The van der Waals surface area contributed by atoms with E-state index in [0.717, 1.165) is 24.2 Å². The summed E-state index contributed by atoms with van der Waals surface area (Å²) in [5.41, 5.74) is 5.41. The van der Waals surface area contributed by atoms with Crippen LogP contribution in [0.15, 0.2) is 66.7 Å². The molecule has 0 unspecified atom stereocenters. The van der Waals surface area contributed by atoms with Gasteiger partial charge in [0.25, 0.3) is 0 Å². The molecule has 34 heavy (non-hydrogen) atoms. The fraction of sp³-hybridized carbons (Fsp3) is 0.296. The molecule has 4 rings (SSSR count). The fourth-order valence-electron chi connectivity index (χ4n) is 4.43. The van der Waals surface area contributed by atoms with E-state index in [0.29, 0.717) is 23.7 Å². The second kappa shape index (κ2) is 10.4. The number of hydrogen-bond donors (Lipinski definition) is 2. The van der Waals surface area contributed by atoms with Crippen LogP contribution in [0.2, 0.25) is 0 Å². The van der Waals surface area contributed by atoms with Crippen molar-refractivity contribution < 1.29 is 14.3 Å². The highest BCUT2D eigenvalue weighted by atomic mass is 16.5. The minimum Gasteiger partial charge on any atom is -0.493 e. The van der Waals surface area contributed by atoms with Crippen molar-refractivity contribution >= 4 is 23.1 Å². The molecule has 0 aromatic heterocycles. The Bertz CT molecular complexity index is 1130. The number of methoxy groups -OCH3 is 2. The Hall–Kier alpha value is -3.87. The molecule has 178 valence electrons. The molecule has 2 N–H and O–H groups in total. The minimum atomic E-state index is -0.297. The van der Waals surface area contributed by atoms with Crippen LogP contribution in [0.4, 0.5) is 21.9 Å². The van der Waals surface area contributed by atoms with Crippen LogP contribution in [0.3, 0.4) is 0 Å². The first-order chi connectivity index (χ1) is 16.5. The number of nitrogens with one attached hydrogen (secondary N) is 2. The SMILES string of the molecule is COc1cccc(NC(=O)NC[C@@H](c2ccc(N(C)C)cc2)N2CCc3ccccc32)c1OC. The molecule has 0 radical (unpaired) electrons. The molecule has 0 spiro atoms. The van der Waals surface area contributed by atoms with E-state index in [1.54, 1.807) is 26.4 Å². The highest BCUT2D eigenvalue weighted by Gasteiger charge is 2.27. The number of fused-ring (bicyclic) bond motifs is 1. The molecule has 7 nitrogen and oxygen atoms in total. The van der Waals surface area contributed by atoms with Gasteiger partial charge in [0.2, 0.25) is 0 Å². The quantitative estimate of drug-likeness (QED) is 0.510. The first-order valence-corrected chi connectivity index (χ1v) is 11.4. The van der Waals surface area contributed by atoms with Gasteiger partial charge in [-0.15, -0.1) is 0 Å². The molecule has 0 saturated heterocycles. The average molecular weight is 461 g/mol. The predicted octanol–water partition coefficient (Wildman–Crippen LogP) is 4.70. The Morgan fingerprint density at radius 2 is 1.76 bits per heavy atom. The normalized spacial score (nSPS) is 13.1. The van der Waals surface area contributed by atoms with Gasteiger partial charge >= 0.3 is 6.03 Å². The van der Waals surface area contributed by atoms with Crippen LogP contribution >= 0.6 is 0 Å². The molecule has 1 heterocycles. The van der Waals surface area contributed by atoms with Crippen molar-refractivity contribution in [3.63, 3.8) is 0 Å². The summed E-state index contributed by atoms with van der Waals surface area (Å²) < 4.78 is 10.8. The summed E-state index contributed by atoms with van der Waals surface area (Å²) in [5, 5.41) is 5.96. The maximum Gasteiger partial charge on any atom is 0.319 e. The Kier molecular flexibility index (Phi) is 7.11. The van der Waals surface area contributed by atoms with Gasteiger partial charge in [-0.2, -0.15) is 0 Å². The van der Waals surface area contributed by atoms with E-state index < -0.39 is 0 Å². The second-order valence-corrected chi connectivity index (χ2v) is 8.45. The molecule has 3 aromatic carbocycles. The third-order valence-corrected chi connectivity index (χ3v) is 6.20. The Balaban J connectivity index is 1.54. The van der Waals surface area contributed by atoms with Crippen LogP contribution in [0, 0.1) is 0 Å². The van der Waals surface area contributed by atoms with E-state index in [1.807, 2.05) is 20.2 Å². The summed E-state index contributed by atoms with van der Waals surface area (Å²) >= 11 is 0. The van der Waals surface area contributed by atoms with Crippen LogP contribution in [0.5, 0.6) is 11.5 Å². The summed E-state index contributed by atoms with van der Waals surface area (Å²) in [5.74, 6) is 1.05. The first-order valence-electron chi connectivity index (χ1n) is 11.4. The topological polar surface area (TPSA) is 66.1 Å². The summed E-state index contributed by atoms with van der Waals surface area (Å²) in [6.07, 6.45) is 0.996. The van der Waals surface area contributed by atoms with Crippen LogP contribution in [0.1, 0.15) is 17.2 Å². The number of anilines is 3. The van der Waals surface area contributed by atoms with E-state index in [-0.39, 0.29) is 12.1 Å². The smallest absolute Gasteiger partial charge is 0.319 e. The second-order valence-electron chi connectivity index (χ2n) is 8.45. The van der Waals surface area contributed by atoms with Crippen molar-refractivity contribution in [3.8, 4) is 11.5 Å². The van der Waals surface area contributed by atoms with Crippen LogP contribution in [0.25, 0.3) is 0 Å². The monoisotopic (exact) mass is 460 g/mol. The zero-order chi connectivity index (χ0) is 24.1. The highest BCUT2D eigenvalue weighted by Crippen LogP contribution is 2.36. The van der Waals surface area contributed by atoms with E-state index >= 15 is 0 Å². The lowest BCUT2D eigenvalue weighted by Crippen LogP contribution is -2.39. The number of rotatable bonds is 8. The van der Waals surface area contributed by atoms with Crippen molar-refractivity contribution in [2.24, 2.45) is 0 Å². The predicted molar refractivity (Wildman–Crippen MR) is 138 cm³/mol. The van der Waals surface area contributed by atoms with Gasteiger partial charge in [0.1, 0.15) is 0 Å². The number of carbonyl (C=O) groups excluding carboxylic acids is 1. The Morgan fingerprint density at radius 1 is 1.00 bits per heavy atom. The maximum absolute atomic E-state index is 12.9. The van der Waals surface area contributed by atoms with Crippen molar-refractivity contribution in [1.29, 1.82) is 0 Å². The number of ether oxygens (including phenoxy) is 2. The molecule has 3 aromatic rings. The summed E-state index contributed by atoms with van der Waals surface area (Å²) in [7, 11) is 7.19. The Labute approximate surface area is 201 Å². The van der Waals surface area contributed by atoms with Gasteiger partial charge in [0.15, 0.2) is 11.5 Å². The number of nitrogens with zero attached hydrogens (tertiary/aromatic N) is 2. The zero-order valence-corrected chi connectivity index (χ0v) is 20.2. The molecule has 7 heteroatoms. The zero-order valence-electron chi connectivity index (χ0n) is 20.2. The van der Waals surface area contributed by atoms with Crippen molar-refractivity contribution in [3.05, 3.63) is 77.9 Å². The molecular formula is C27H32N4O3. The third-order valence-electron chi connectivity index (χ3n) is 6.20. The molecule has 2 amide bonds. The van der Waals surface area contributed by atoms with Gasteiger partial charge < -0.3 is 29.9 Å². The maximum atomic E-state index is 12.9. The van der Waals surface area contributed by atoms with Gasteiger partial charge in [-0.1, -0.05) is 36.4 Å². The summed E-state index contributed by atoms with van der Waals surface area (Å²) in [4.78, 5) is 17.3. The number of hydrogen-bond acceptors (Lipinski definition) is 5. The molecular weight excluding hydrogens is 428 g/mol. The number of para-hydroxylation sites is 2. The van der Waals surface area contributed by atoms with E-state index in [4.69, 9.17) is 9.47 Å². The standard InChI is InChI=1S/C27H32N4O3/c1-30(2)21-14-12-20(13-15-21)24(31-17-16-19-8-5-6-10-23(19)31)18-28-27(32)29-22-9-7-11-25(33-3)26(22)34-4/h5-15,24H,16-18H2,1-4H3,(H2,28,29,32)/t24-/m0/s1. The lowest BCUT2D eigenvalue weighted by Gasteiger charge is -2.31. The van der Waals surface area contributed by atoms with Crippen molar-refractivity contribution in [2.45, 2.75) is 12.5 Å². The van der Waals surface area contributed by atoms with Crippen molar-refractivity contribution in [1.82, 2.24) is 5.32 Å². The summed E-state index contributed by atoms with van der Waals surface area (Å²) in [6, 6.07) is 22.1. The molecule has 0 aliphatic carbocycles. The van der Waals surface area contributed by atoms with Gasteiger partial charge in [-0.25, -0.2) is 4.79 Å². The largest absolute Gasteiger partial charge is 0.493 e. The highest BCUT2D eigenvalue weighted by molar-refractivity contribution is 5.91. The molecule has 0 fully saturated rings. The van der Waals surface area contributed by atoms with Crippen LogP contribution in [-0.4, -0.2) is 47.4 Å². The molecule has 0 saturated carbocycles. The molecule has 1 aliphatic rings. The average Bonchev–Trinajstić information content (AvgIpc) is 3.28. The van der Waals surface area contributed by atoms with E-state index in [9.17, 15) is 4.79 Å². The third kappa shape index (κ3) is 4.88. The Morgan fingerprint density at radius 3 is 2.47 bits per heavy atom. The molecule has 1 atom stereocenters. The van der Waals surface area contributed by atoms with Crippen LogP contribution in [-0.2, 0) is 6.42 Å². The molecule has 1 aliphatic heterocycles. The van der Waals surface area contributed by atoms with Crippen molar-refractivity contribution in [2.75, 3.05) is 56.5 Å². The van der Waals surface area contributed by atoms with Gasteiger partial charge in [-0.05, 0) is 47.9 Å². The lowest BCUT2D eigenvalue weighted by atomic mass is 10.0. The number of urea groups is 1. The summed E-state index contributed by atoms with van der Waals surface area (Å²) in [6.45, 7) is 1.36. The van der Waals surface area contributed by atoms with Gasteiger partial charge in [0, 0.05) is 38.6 Å². The number of amides is 2. The first kappa shape index (κ1) is 23.3. The fourth-order valence-corrected chi connectivity index (χ4v) is 4.43. The van der Waals surface area contributed by atoms with Gasteiger partial charge in [-0.3, -0.25) is 0 Å². The number of benzene rings is 3. The van der Waals surface area contributed by atoms with Gasteiger partial charge in [0.05, 0.1) is 25.9 Å². The van der Waals surface area contributed by atoms with E-state index in [2.05, 4.69) is 69.0 Å². The van der Waals surface area contributed by atoms with E-state index in [1.165, 1.54) is 11.3 Å². The number of carbonyl (C=O) groups is 1. The van der Waals surface area contributed by atoms with Crippen LogP contribution < -0.4 is 29.9 Å². The lowest BCUT2D eigenvalue weighted by molar-refractivity contribution is 0.251.